The van der Waals surface area contributed by atoms with Crippen molar-refractivity contribution in [2.24, 2.45) is 0 Å². The van der Waals surface area contributed by atoms with Gasteiger partial charge < -0.3 is 21.1 Å². The van der Waals surface area contributed by atoms with Gasteiger partial charge in [-0.25, -0.2) is 9.78 Å². The van der Waals surface area contributed by atoms with Gasteiger partial charge in [-0.3, -0.25) is 18.8 Å². The Labute approximate surface area is 177 Å². The van der Waals surface area contributed by atoms with Gasteiger partial charge >= 0.3 is 6.09 Å². The maximum absolute atomic E-state index is 12.6. The number of carboxylic acid groups (broad SMARTS) is 1. The first-order chi connectivity index (χ1) is 14.3. The average molecular weight is 440 g/mol. The number of amides is 2. The molecule has 1 aromatic heterocycles. The molecule has 0 unspecified atom stereocenters. The van der Waals surface area contributed by atoms with E-state index in [0.717, 1.165) is 0 Å². The molecule has 1 fully saturated rings. The molecule has 30 heavy (non-hydrogen) atoms. The molecule has 0 bridgehead atoms. The van der Waals surface area contributed by atoms with Crippen molar-refractivity contribution >= 4 is 28.4 Å². The lowest BCUT2D eigenvalue weighted by molar-refractivity contribution is 0.0949. The predicted octanol–water partition coefficient (Wildman–Crippen LogP) is 1.32. The lowest BCUT2D eigenvalue weighted by Crippen LogP contribution is -2.42. The minimum Gasteiger partial charge on any atom is -0.465 e. The van der Waals surface area contributed by atoms with Crippen LogP contribution in [-0.2, 0) is 0 Å². The minimum atomic E-state index is -2.42. The van der Waals surface area contributed by atoms with Gasteiger partial charge in [0.1, 0.15) is 11.5 Å². The first kappa shape index (κ1) is 23.8. The molecule has 0 spiro atoms. The molecule has 166 valence electrons. The molecule has 1 aliphatic heterocycles. The van der Waals surface area contributed by atoms with E-state index < -0.39 is 16.7 Å². The Hall–Kier alpha value is -2.52. The number of hydrogen-bond donors (Lipinski definition) is 6. The number of aromatic nitrogens is 1. The molecule has 0 aliphatic carbocycles. The van der Waals surface area contributed by atoms with Gasteiger partial charge in [0, 0.05) is 45.7 Å². The minimum absolute atomic E-state index is 0.235. The Morgan fingerprint density at radius 3 is 2.60 bits per heavy atom. The van der Waals surface area contributed by atoms with Crippen molar-refractivity contribution in [3.63, 3.8) is 0 Å². The molecule has 2 amide bonds. The molecule has 2 heterocycles. The summed E-state index contributed by atoms with van der Waals surface area (Å²) in [6, 6.07) is 3.32. The SMILES string of the molecule is CCNc1nc(C#CCCNC(=O)O)ccc1C(=O)NCCN1CCS(O)(O)CC1. The average Bonchev–Trinajstić information content (AvgIpc) is 2.69. The van der Waals surface area contributed by atoms with Crippen LogP contribution in [0.25, 0.3) is 0 Å². The first-order valence-corrected chi connectivity index (χ1v) is 11.6. The smallest absolute Gasteiger partial charge is 0.404 e. The monoisotopic (exact) mass is 439 g/mol. The number of carbonyl (C=O) groups excluding carboxylic acids is 1. The van der Waals surface area contributed by atoms with E-state index in [1.807, 2.05) is 6.92 Å². The second-order valence-corrected chi connectivity index (χ2v) is 9.14. The van der Waals surface area contributed by atoms with Crippen LogP contribution in [0.3, 0.4) is 0 Å². The molecule has 0 atom stereocenters. The third-order valence-corrected chi connectivity index (χ3v) is 6.08. The van der Waals surface area contributed by atoms with Gasteiger partial charge in [0.15, 0.2) is 0 Å². The van der Waals surface area contributed by atoms with Crippen molar-refractivity contribution in [2.45, 2.75) is 13.3 Å². The largest absolute Gasteiger partial charge is 0.465 e. The van der Waals surface area contributed by atoms with Gasteiger partial charge in [-0.1, -0.05) is 5.92 Å². The van der Waals surface area contributed by atoms with Crippen LogP contribution in [0, 0.1) is 11.8 Å². The number of anilines is 1. The number of nitrogens with zero attached hydrogens (tertiary/aromatic N) is 2. The molecule has 0 aromatic carbocycles. The number of pyridine rings is 1. The van der Waals surface area contributed by atoms with Crippen LogP contribution in [-0.4, -0.2) is 86.9 Å². The molecule has 2 rings (SSSR count). The summed E-state index contributed by atoms with van der Waals surface area (Å²) >= 11 is 0. The normalized spacial score (nSPS) is 16.6. The zero-order valence-corrected chi connectivity index (χ0v) is 17.8. The molecule has 11 heteroatoms. The van der Waals surface area contributed by atoms with Crippen LogP contribution in [0.15, 0.2) is 12.1 Å². The van der Waals surface area contributed by atoms with Gasteiger partial charge in [-0.15, -0.1) is 0 Å². The number of hydrogen-bond acceptors (Lipinski definition) is 7. The molecule has 1 saturated heterocycles. The van der Waals surface area contributed by atoms with Gasteiger partial charge in [0.2, 0.25) is 0 Å². The van der Waals surface area contributed by atoms with E-state index in [-0.39, 0.29) is 12.5 Å². The summed E-state index contributed by atoms with van der Waals surface area (Å²) in [5, 5.41) is 16.7. The third kappa shape index (κ3) is 8.08. The van der Waals surface area contributed by atoms with Gasteiger partial charge in [0.05, 0.1) is 17.1 Å². The maximum Gasteiger partial charge on any atom is 0.404 e. The van der Waals surface area contributed by atoms with Crippen LogP contribution in [0.2, 0.25) is 0 Å². The highest BCUT2D eigenvalue weighted by Gasteiger charge is 2.22. The van der Waals surface area contributed by atoms with Crippen LogP contribution in [0.4, 0.5) is 10.6 Å². The molecular formula is C19H29N5O5S. The van der Waals surface area contributed by atoms with Gasteiger partial charge in [0.25, 0.3) is 5.91 Å². The van der Waals surface area contributed by atoms with E-state index in [1.54, 1.807) is 12.1 Å². The molecule has 0 saturated carbocycles. The van der Waals surface area contributed by atoms with E-state index in [4.69, 9.17) is 5.11 Å². The van der Waals surface area contributed by atoms with E-state index >= 15 is 0 Å². The molecule has 1 aliphatic rings. The Morgan fingerprint density at radius 2 is 1.93 bits per heavy atom. The van der Waals surface area contributed by atoms with Crippen LogP contribution < -0.4 is 16.0 Å². The first-order valence-electron chi connectivity index (χ1n) is 9.75. The Morgan fingerprint density at radius 1 is 1.20 bits per heavy atom. The van der Waals surface area contributed by atoms with Gasteiger partial charge in [-0.05, 0) is 25.0 Å². The lowest BCUT2D eigenvalue weighted by atomic mass is 10.2. The number of nitrogens with one attached hydrogen (secondary N) is 3. The standard InChI is InChI=1S/C19H29N5O5S/c1-2-20-17-16(7-6-15(23-17)5-3-4-8-22-19(26)27)18(25)21-9-10-24-11-13-30(28,29)14-12-24/h6-7,22,28-29H,2,4,8-14H2,1H3,(H,20,23)(H,21,25)(H,26,27). The van der Waals surface area contributed by atoms with E-state index in [1.165, 1.54) is 0 Å². The Kier molecular flexibility index (Phi) is 9.19. The summed E-state index contributed by atoms with van der Waals surface area (Å²) in [4.78, 5) is 29.5. The second kappa shape index (κ2) is 11.6. The zero-order valence-electron chi connectivity index (χ0n) is 17.0. The van der Waals surface area contributed by atoms with E-state index in [9.17, 15) is 18.7 Å². The summed E-state index contributed by atoms with van der Waals surface area (Å²) in [6.07, 6.45) is -0.727. The van der Waals surface area contributed by atoms with Crippen molar-refractivity contribution in [3.05, 3.63) is 23.4 Å². The quantitative estimate of drug-likeness (QED) is 0.263. The summed E-state index contributed by atoms with van der Waals surface area (Å²) in [5.74, 6) is 6.67. The zero-order chi connectivity index (χ0) is 22.0. The fourth-order valence-electron chi connectivity index (χ4n) is 2.81. The molecule has 10 nitrogen and oxygen atoms in total. The number of carbonyl (C=O) groups is 2. The summed E-state index contributed by atoms with van der Waals surface area (Å²) in [6.45, 7) is 5.03. The van der Waals surface area contributed by atoms with E-state index in [2.05, 4.69) is 37.7 Å². The highest BCUT2D eigenvalue weighted by atomic mass is 32.3. The van der Waals surface area contributed by atoms with Crippen LogP contribution in [0.5, 0.6) is 0 Å². The van der Waals surface area contributed by atoms with Crippen molar-refractivity contribution < 1.29 is 23.8 Å². The molecular weight excluding hydrogens is 410 g/mol. The maximum atomic E-state index is 12.6. The van der Waals surface area contributed by atoms with Crippen molar-refractivity contribution in [3.8, 4) is 11.8 Å². The van der Waals surface area contributed by atoms with Crippen LogP contribution in [0.1, 0.15) is 29.4 Å². The number of rotatable bonds is 8. The fraction of sp³-hybridized carbons (Fsp3) is 0.526. The summed E-state index contributed by atoms with van der Waals surface area (Å²) < 4.78 is 19.3. The highest BCUT2D eigenvalue weighted by molar-refractivity contribution is 8.24. The van der Waals surface area contributed by atoms with Crippen molar-refractivity contribution in [2.75, 3.05) is 56.1 Å². The summed E-state index contributed by atoms with van der Waals surface area (Å²) in [7, 11) is -2.42. The fourth-order valence-corrected chi connectivity index (χ4v) is 4.12. The highest BCUT2D eigenvalue weighted by Crippen LogP contribution is 2.40. The molecule has 0 radical (unpaired) electrons. The third-order valence-electron chi connectivity index (χ3n) is 4.41. The Bertz CT molecular complexity index is 798. The lowest BCUT2D eigenvalue weighted by Gasteiger charge is -2.40. The summed E-state index contributed by atoms with van der Waals surface area (Å²) in [5.41, 5.74) is 0.910. The Balaban J connectivity index is 1.89. The topological polar surface area (TPSA) is 147 Å². The van der Waals surface area contributed by atoms with Crippen molar-refractivity contribution in [1.82, 2.24) is 20.5 Å². The molecule has 1 aromatic rings. The van der Waals surface area contributed by atoms with Crippen molar-refractivity contribution in [1.29, 1.82) is 0 Å². The molecule has 6 N–H and O–H groups in total. The van der Waals surface area contributed by atoms with E-state index in [0.29, 0.717) is 67.7 Å². The predicted molar refractivity (Wildman–Crippen MR) is 117 cm³/mol. The second-order valence-electron chi connectivity index (χ2n) is 6.71. The van der Waals surface area contributed by atoms with Crippen LogP contribution >= 0.6 is 10.6 Å². The van der Waals surface area contributed by atoms with Gasteiger partial charge in [-0.2, -0.15) is 10.6 Å².